The van der Waals surface area contributed by atoms with Crippen LogP contribution >= 0.6 is 43.2 Å². The first kappa shape index (κ1) is 75.6. The topological polar surface area (TPSA) is 339 Å². The number of aliphatic hydroxyl groups is 2. The van der Waals surface area contributed by atoms with Crippen molar-refractivity contribution < 1.29 is 81.3 Å². The van der Waals surface area contributed by atoms with Gasteiger partial charge in [0.1, 0.15) is 70.6 Å². The molecule has 0 aliphatic carbocycles. The van der Waals surface area contributed by atoms with Gasteiger partial charge in [-0.25, -0.2) is 38.5 Å². The summed E-state index contributed by atoms with van der Waals surface area (Å²) in [4.78, 5) is 76.6. The van der Waals surface area contributed by atoms with E-state index in [0.717, 1.165) is 11.0 Å². The Morgan fingerprint density at radius 1 is 0.650 bits per heavy atom. The second kappa shape index (κ2) is 40.8. The molecule has 8 unspecified atom stereocenters. The highest BCUT2D eigenvalue weighted by Crippen LogP contribution is 2.43. The maximum Gasteiger partial charge on any atom is 0.508 e. The summed E-state index contributed by atoms with van der Waals surface area (Å²) in [5, 5.41) is 28.1. The van der Waals surface area contributed by atoms with Crippen LogP contribution in [0.15, 0.2) is 37.0 Å². The van der Waals surface area contributed by atoms with Crippen LogP contribution < -0.4 is 11.5 Å². The first-order valence-electron chi connectivity index (χ1n) is 23.0. The zero-order valence-electron chi connectivity index (χ0n) is 44.4. The first-order chi connectivity index (χ1) is 37.7. The Hall–Kier alpha value is -2.42. The van der Waals surface area contributed by atoms with Gasteiger partial charge in [-0.15, -0.1) is 10.2 Å². The van der Waals surface area contributed by atoms with Crippen molar-refractivity contribution in [1.82, 2.24) is 29.5 Å². The third kappa shape index (κ3) is 28.9. The molecule has 0 saturated carbocycles. The minimum absolute atomic E-state index is 0.0405. The fraction of sp³-hybridized carbons (Fsp3) is 0.659. The molecule has 2 saturated heterocycles. The monoisotopic (exact) mass is 1380 g/mol. The molecule has 2 aromatic rings. The second-order valence-corrected chi connectivity index (χ2v) is 36.4. The summed E-state index contributed by atoms with van der Waals surface area (Å²) in [7, 11) is 9.94. The maximum atomic E-state index is 12.2. The predicted octanol–water partition coefficient (Wildman–Crippen LogP) is 3.58. The second-order valence-electron chi connectivity index (χ2n) is 17.4. The summed E-state index contributed by atoms with van der Waals surface area (Å²) in [6.07, 6.45) is -5.80. The molecule has 0 spiro atoms. The van der Waals surface area contributed by atoms with E-state index in [9.17, 15) is 39.0 Å². The molecule has 0 aromatic carbocycles. The lowest BCUT2D eigenvalue weighted by molar-refractivity contribution is -0.139. The molecule has 4 rings (SSSR count). The Bertz CT molecular complexity index is 2570. The molecule has 4 heterocycles. The van der Waals surface area contributed by atoms with Gasteiger partial charge in [0, 0.05) is 129 Å². The van der Waals surface area contributed by atoms with E-state index in [2.05, 4.69) is 112 Å². The largest absolute Gasteiger partial charge is 0.508 e. The van der Waals surface area contributed by atoms with E-state index >= 15 is 0 Å². The fourth-order valence-electron chi connectivity index (χ4n) is 5.58. The third-order valence-electron chi connectivity index (χ3n) is 10.5. The predicted molar refractivity (Wildman–Crippen MR) is 330 cm³/mol. The number of rotatable bonds is 26. The SMILES string of the molecule is C=C(C)C(=O)OCCSSCCOC(=O)OCC1OC(n2cnc(C(N)=O)n2)C(O)C1O.C=C(C)C(=O)OCCSSCCOC(=O)OCC1OC(n2cnc(C(N)=O)n2)C(O[Si](C)(C)C(C)(C)C)C1C.S=S=S=S.S=S=S=S=S. The molecule has 80 heavy (non-hydrogen) atoms. The average molecular weight is 1390 g/mol. The van der Waals surface area contributed by atoms with Gasteiger partial charge in [0.2, 0.25) is 11.6 Å². The number of esters is 2. The van der Waals surface area contributed by atoms with E-state index in [4.69, 9.17) is 53.8 Å². The highest BCUT2D eigenvalue weighted by molar-refractivity contribution is 8.77. The van der Waals surface area contributed by atoms with Gasteiger partial charge < -0.3 is 64.0 Å². The average Bonchev–Trinajstić information content (AvgIpc) is 4.21. The highest BCUT2D eigenvalue weighted by Gasteiger charge is 2.50. The molecule has 2 amide bonds. The molecule has 2 aromatic heterocycles. The fourth-order valence-corrected chi connectivity index (χ4v) is 13.0. The zero-order valence-corrected chi connectivity index (χ0v) is 56.0. The molecule has 8 atom stereocenters. The number of primary amides is 2. The molecular weight excluding hydrogens is 1320 g/mol. The number of nitrogens with zero attached hydrogens (tertiary/aromatic N) is 6. The van der Waals surface area contributed by atoms with E-state index in [1.807, 2.05) is 6.92 Å². The smallest absolute Gasteiger partial charge is 0.461 e. The van der Waals surface area contributed by atoms with E-state index in [1.165, 1.54) is 98.6 Å². The quantitative estimate of drug-likeness (QED) is 0.0261. The third-order valence-corrected chi connectivity index (χ3v) is 26.3. The molecule has 0 radical (unpaired) electrons. The normalized spacial score (nSPS) is 20.0. The molecular formula is C41H64N8O17S13Si. The molecule has 39 heteroatoms. The van der Waals surface area contributed by atoms with Gasteiger partial charge in [0.25, 0.3) is 11.8 Å². The van der Waals surface area contributed by atoms with Gasteiger partial charge in [0.05, 0.1) is 12.2 Å². The summed E-state index contributed by atoms with van der Waals surface area (Å²) in [6, 6.07) is 0. The Labute approximate surface area is 514 Å². The van der Waals surface area contributed by atoms with Crippen LogP contribution in [0.2, 0.25) is 18.1 Å². The summed E-state index contributed by atoms with van der Waals surface area (Å²) in [6.45, 7) is 23.2. The van der Waals surface area contributed by atoms with E-state index in [1.54, 1.807) is 13.8 Å². The van der Waals surface area contributed by atoms with E-state index < -0.39 is 87.4 Å². The Morgan fingerprint density at radius 3 is 1.39 bits per heavy atom. The number of aromatic nitrogens is 6. The van der Waals surface area contributed by atoms with Crippen molar-refractivity contribution in [2.75, 3.05) is 62.7 Å². The molecule has 452 valence electrons. The van der Waals surface area contributed by atoms with Crippen LogP contribution in [-0.4, -0.2) is 177 Å². The van der Waals surface area contributed by atoms with Crippen LogP contribution in [0.5, 0.6) is 0 Å². The van der Waals surface area contributed by atoms with Crippen LogP contribution in [0.25, 0.3) is 0 Å². The number of nitrogens with two attached hydrogens (primary N) is 2. The van der Waals surface area contributed by atoms with Gasteiger partial charge in [-0.05, 0) is 32.0 Å². The summed E-state index contributed by atoms with van der Waals surface area (Å²) in [5.74, 6) is -0.805. The number of amides is 2. The number of carbonyl (C=O) groups excluding carboxylic acids is 6. The van der Waals surface area contributed by atoms with E-state index in [0.29, 0.717) is 34.2 Å². The number of hydrogen-bond acceptors (Lipinski definition) is 29. The lowest BCUT2D eigenvalue weighted by Gasteiger charge is -2.40. The van der Waals surface area contributed by atoms with Gasteiger partial charge in [0.15, 0.2) is 20.8 Å². The lowest BCUT2D eigenvalue weighted by Crippen LogP contribution is -2.47. The maximum absolute atomic E-state index is 12.2. The summed E-state index contributed by atoms with van der Waals surface area (Å²) in [5.41, 5.74) is 11.1. The van der Waals surface area contributed by atoms with Crippen LogP contribution in [0.3, 0.4) is 0 Å². The van der Waals surface area contributed by atoms with Crippen molar-refractivity contribution >= 4 is 177 Å². The van der Waals surface area contributed by atoms with Gasteiger partial charge in [-0.3, -0.25) is 9.59 Å². The van der Waals surface area contributed by atoms with Gasteiger partial charge in [-0.1, -0.05) is 84.0 Å². The summed E-state index contributed by atoms with van der Waals surface area (Å²) < 4.78 is 51.1. The molecule has 2 aliphatic rings. The Morgan fingerprint density at radius 2 is 1.04 bits per heavy atom. The van der Waals surface area contributed by atoms with Crippen molar-refractivity contribution in [3.63, 3.8) is 0 Å². The van der Waals surface area contributed by atoms with Crippen molar-refractivity contribution in [2.24, 2.45) is 17.4 Å². The minimum atomic E-state index is -2.22. The first-order valence-corrected chi connectivity index (χ1v) is 40.2. The van der Waals surface area contributed by atoms with E-state index in [-0.39, 0.29) is 62.2 Å². The van der Waals surface area contributed by atoms with Crippen LogP contribution in [-0.2, 0) is 141 Å². The molecule has 25 nitrogen and oxygen atoms in total. The zero-order chi connectivity index (χ0) is 60.6. The number of carbonyl (C=O) groups is 6. The van der Waals surface area contributed by atoms with Crippen molar-refractivity contribution in [2.45, 2.75) is 103 Å². The highest BCUT2D eigenvalue weighted by atomic mass is 33.3. The van der Waals surface area contributed by atoms with Gasteiger partial charge in [-0.2, -0.15) is 0 Å². The van der Waals surface area contributed by atoms with Crippen molar-refractivity contribution in [1.29, 1.82) is 0 Å². The van der Waals surface area contributed by atoms with Crippen molar-refractivity contribution in [3.8, 4) is 0 Å². The molecule has 6 N–H and O–H groups in total. The Balaban J connectivity index is 0.000000702. The van der Waals surface area contributed by atoms with Crippen LogP contribution in [0.1, 0.15) is 75.2 Å². The van der Waals surface area contributed by atoms with Crippen LogP contribution in [0, 0.1) is 5.92 Å². The van der Waals surface area contributed by atoms with Crippen molar-refractivity contribution in [3.05, 3.63) is 48.6 Å². The summed E-state index contributed by atoms with van der Waals surface area (Å²) >= 11 is 17.5. The number of aliphatic hydroxyl groups excluding tert-OH is 2. The van der Waals surface area contributed by atoms with Gasteiger partial charge >= 0.3 is 24.2 Å². The molecule has 0 bridgehead atoms. The number of hydrogen-bond donors (Lipinski definition) is 4. The lowest BCUT2D eigenvalue weighted by atomic mass is 10.0. The van der Waals surface area contributed by atoms with Crippen LogP contribution in [0.4, 0.5) is 9.59 Å². The Kier molecular flexibility index (Phi) is 38.5. The minimum Gasteiger partial charge on any atom is -0.461 e. The standard InChI is InChI=1S/C24H40N4O8S2Si.C17H24N4O9S2.S5.S4/c1-15(2)22(30)32-9-11-37-38-12-10-33-23(31)34-13-17-16(3)18(36-39(7,8)24(4,5)6)21(35-17)28-14-26-20(27-28)19(25)29;1-9(2)16(25)27-3-5-31-32-6-4-28-17(26)29-7-10-11(22)12(23)15(30-10)21-8-19-14(20-21)13(18)24;1-3-5-4-2;1-3-4-2/h14,16-18,21H,1,9-13H2,2-8H3,(H2,25,29);8,10-12,15,22-23H,1,3-7H2,2H3,(H2,18,24);;. The number of ether oxygens (including phenoxy) is 8. The molecule has 2 aliphatic heterocycles. The molecule has 2 fully saturated rings.